The first-order chi connectivity index (χ1) is 21.4. The van der Waals surface area contributed by atoms with Gasteiger partial charge in [-0.25, -0.2) is 8.78 Å². The number of halogens is 4. The third-order valence-corrected chi connectivity index (χ3v) is 11.2. The third kappa shape index (κ3) is 7.94. The summed E-state index contributed by atoms with van der Waals surface area (Å²) in [5, 5.41) is 0. The van der Waals surface area contributed by atoms with Crippen molar-refractivity contribution in [1.29, 1.82) is 0 Å². The molecular formula is C38H52F4O2. The number of ether oxygens (including phenoxy) is 2. The second-order valence-corrected chi connectivity index (χ2v) is 13.9. The smallest absolute Gasteiger partial charge is 0.200 e. The molecule has 0 radical (unpaired) electrons. The molecule has 0 saturated heterocycles. The molecule has 2 aromatic rings. The Kier molecular flexibility index (Phi) is 11.9. The molecule has 2 nitrogen and oxygen atoms in total. The van der Waals surface area contributed by atoms with Gasteiger partial charge in [0, 0.05) is 0 Å². The van der Waals surface area contributed by atoms with Gasteiger partial charge in [0.15, 0.2) is 23.1 Å². The highest BCUT2D eigenvalue weighted by Crippen LogP contribution is 2.46. The van der Waals surface area contributed by atoms with E-state index < -0.39 is 23.3 Å². The van der Waals surface area contributed by atoms with Gasteiger partial charge in [0.2, 0.25) is 11.6 Å². The summed E-state index contributed by atoms with van der Waals surface area (Å²) in [7, 11) is 0. The van der Waals surface area contributed by atoms with Crippen molar-refractivity contribution in [3.63, 3.8) is 0 Å². The molecule has 0 heterocycles. The van der Waals surface area contributed by atoms with Crippen LogP contribution < -0.4 is 9.47 Å². The highest BCUT2D eigenvalue weighted by Gasteiger charge is 2.33. The summed E-state index contributed by atoms with van der Waals surface area (Å²) in [6, 6.07) is 6.67. The molecule has 0 unspecified atom stereocenters. The maximum Gasteiger partial charge on any atom is 0.200 e. The van der Waals surface area contributed by atoms with E-state index in [1.807, 2.05) is 6.92 Å². The largest absolute Gasteiger partial charge is 0.491 e. The van der Waals surface area contributed by atoms with E-state index in [0.717, 1.165) is 76.0 Å². The van der Waals surface area contributed by atoms with Crippen LogP contribution in [0.5, 0.6) is 11.5 Å². The Morgan fingerprint density at radius 3 is 1.45 bits per heavy atom. The molecule has 0 aromatic heterocycles. The highest BCUT2D eigenvalue weighted by molar-refractivity contribution is 5.34. The molecule has 0 spiro atoms. The van der Waals surface area contributed by atoms with E-state index in [-0.39, 0.29) is 23.3 Å². The van der Waals surface area contributed by atoms with Crippen LogP contribution in [0.15, 0.2) is 24.3 Å². The zero-order valence-corrected chi connectivity index (χ0v) is 26.8. The van der Waals surface area contributed by atoms with E-state index in [2.05, 4.69) is 0 Å². The lowest BCUT2D eigenvalue weighted by molar-refractivity contribution is 0.150. The normalized spacial score (nSPS) is 27.7. The average Bonchev–Trinajstić information content (AvgIpc) is 3.05. The lowest BCUT2D eigenvalue weighted by Crippen LogP contribution is -2.26. The molecule has 0 amide bonds. The Morgan fingerprint density at radius 1 is 0.545 bits per heavy atom. The number of hydrogen-bond acceptors (Lipinski definition) is 2. The summed E-state index contributed by atoms with van der Waals surface area (Å²) >= 11 is 0. The van der Waals surface area contributed by atoms with Crippen molar-refractivity contribution >= 4 is 0 Å². The van der Waals surface area contributed by atoms with Crippen molar-refractivity contribution in [3.8, 4) is 11.5 Å². The molecule has 0 bridgehead atoms. The van der Waals surface area contributed by atoms with Gasteiger partial charge in [0.05, 0.1) is 13.2 Å². The van der Waals surface area contributed by atoms with Crippen LogP contribution in [0.2, 0.25) is 0 Å². The topological polar surface area (TPSA) is 18.5 Å². The summed E-state index contributed by atoms with van der Waals surface area (Å²) in [6.07, 6.45) is 17.6. The van der Waals surface area contributed by atoms with Crippen LogP contribution in [0.3, 0.4) is 0 Å². The number of benzene rings is 2. The molecule has 3 fully saturated rings. The van der Waals surface area contributed by atoms with Gasteiger partial charge >= 0.3 is 0 Å². The summed E-state index contributed by atoms with van der Waals surface area (Å²) in [6.45, 7) is 4.55. The predicted octanol–water partition coefficient (Wildman–Crippen LogP) is 11.7. The molecule has 0 aliphatic heterocycles. The third-order valence-electron chi connectivity index (χ3n) is 11.2. The van der Waals surface area contributed by atoms with Crippen molar-refractivity contribution in [2.45, 2.75) is 128 Å². The maximum absolute atomic E-state index is 14.9. The Balaban J connectivity index is 1.01. The van der Waals surface area contributed by atoms with Gasteiger partial charge < -0.3 is 9.47 Å². The van der Waals surface area contributed by atoms with Gasteiger partial charge in [-0.3, -0.25) is 0 Å². The first-order valence-electron chi connectivity index (χ1n) is 17.6. The molecule has 3 aliphatic rings. The molecule has 6 heteroatoms. The SMILES string of the molecule is CCCCOc1ccc(C2CCC(CCC3CCC(C4CCC(c5ccc(OCC)c(F)c5F)CC4)CC3)CC2)c(F)c1F. The van der Waals surface area contributed by atoms with Crippen LogP contribution in [0.1, 0.15) is 140 Å². The van der Waals surface area contributed by atoms with Gasteiger partial charge in [0.25, 0.3) is 0 Å². The van der Waals surface area contributed by atoms with E-state index in [1.54, 1.807) is 31.2 Å². The van der Waals surface area contributed by atoms with Crippen molar-refractivity contribution < 1.29 is 27.0 Å². The Morgan fingerprint density at radius 2 is 0.977 bits per heavy atom. The van der Waals surface area contributed by atoms with Crippen LogP contribution in [0, 0.1) is 46.9 Å². The standard InChI is InChI=1S/C38H52F4O2/c1-3-5-24-44-34-23-21-31(36(40)38(34)42)29-14-10-26(11-15-29)7-6-25-8-12-27(13-9-25)28-16-18-30(19-17-28)32-20-22-33(43-4-2)37(41)35(32)39/h20-23,25-30H,3-19,24H2,1-2H3. The second-order valence-electron chi connectivity index (χ2n) is 13.9. The molecule has 44 heavy (non-hydrogen) atoms. The average molecular weight is 617 g/mol. The van der Waals surface area contributed by atoms with E-state index in [4.69, 9.17) is 9.47 Å². The van der Waals surface area contributed by atoms with Gasteiger partial charge in [-0.1, -0.05) is 51.2 Å². The molecule has 3 aliphatic carbocycles. The van der Waals surface area contributed by atoms with Crippen molar-refractivity contribution in [2.75, 3.05) is 13.2 Å². The van der Waals surface area contributed by atoms with Crippen molar-refractivity contribution in [1.82, 2.24) is 0 Å². The fraction of sp³-hybridized carbons (Fsp3) is 0.684. The van der Waals surface area contributed by atoms with Gasteiger partial charge in [-0.05, 0) is 136 Å². The monoisotopic (exact) mass is 616 g/mol. The van der Waals surface area contributed by atoms with E-state index in [0.29, 0.717) is 36.2 Å². The number of unbranched alkanes of at least 4 members (excludes halogenated alkanes) is 1. The number of rotatable bonds is 12. The maximum atomic E-state index is 14.9. The summed E-state index contributed by atoms with van der Waals surface area (Å²) in [5.41, 5.74) is 1.04. The van der Waals surface area contributed by atoms with Crippen LogP contribution in [0.25, 0.3) is 0 Å². The minimum atomic E-state index is -0.847. The number of hydrogen-bond donors (Lipinski definition) is 0. The quantitative estimate of drug-likeness (QED) is 0.174. The lowest BCUT2D eigenvalue weighted by atomic mass is 9.67. The predicted molar refractivity (Wildman–Crippen MR) is 168 cm³/mol. The van der Waals surface area contributed by atoms with E-state index >= 15 is 0 Å². The Labute approximate surface area is 262 Å². The molecule has 3 saturated carbocycles. The first-order valence-corrected chi connectivity index (χ1v) is 17.6. The van der Waals surface area contributed by atoms with Crippen LogP contribution in [-0.4, -0.2) is 13.2 Å². The zero-order valence-electron chi connectivity index (χ0n) is 26.8. The second kappa shape index (κ2) is 15.9. The van der Waals surface area contributed by atoms with E-state index in [9.17, 15) is 17.6 Å². The molecule has 2 aromatic carbocycles. The Hall–Kier alpha value is -2.24. The molecular weight excluding hydrogens is 564 g/mol. The van der Waals surface area contributed by atoms with Crippen molar-refractivity contribution in [2.24, 2.45) is 23.7 Å². The van der Waals surface area contributed by atoms with E-state index in [1.165, 1.54) is 38.5 Å². The molecule has 5 rings (SSSR count). The summed E-state index contributed by atoms with van der Waals surface area (Å²) < 4.78 is 69.4. The molecule has 244 valence electrons. The minimum Gasteiger partial charge on any atom is -0.491 e. The van der Waals surface area contributed by atoms with Crippen LogP contribution in [0.4, 0.5) is 17.6 Å². The lowest BCUT2D eigenvalue weighted by Gasteiger charge is -2.38. The fourth-order valence-electron chi connectivity index (χ4n) is 8.51. The molecule has 0 N–H and O–H groups in total. The first kappa shape index (κ1) is 33.1. The zero-order chi connectivity index (χ0) is 31.1. The minimum absolute atomic E-state index is 0.00788. The molecule has 0 atom stereocenters. The Bertz CT molecular complexity index is 1190. The van der Waals surface area contributed by atoms with Gasteiger partial charge in [-0.15, -0.1) is 0 Å². The van der Waals surface area contributed by atoms with Crippen LogP contribution >= 0.6 is 0 Å². The highest BCUT2D eigenvalue weighted by atomic mass is 19.2. The van der Waals surface area contributed by atoms with Gasteiger partial charge in [0.1, 0.15) is 0 Å². The fourth-order valence-corrected chi connectivity index (χ4v) is 8.51. The van der Waals surface area contributed by atoms with Crippen LogP contribution in [-0.2, 0) is 0 Å². The summed E-state index contributed by atoms with van der Waals surface area (Å²) in [4.78, 5) is 0. The van der Waals surface area contributed by atoms with Crippen molar-refractivity contribution in [3.05, 3.63) is 58.7 Å². The summed E-state index contributed by atoms with van der Waals surface area (Å²) in [5.74, 6) is 0.0832. The van der Waals surface area contributed by atoms with Gasteiger partial charge in [-0.2, -0.15) is 8.78 Å².